The molecule has 0 aromatic heterocycles. The number of rotatable bonds is 56. The zero-order chi connectivity index (χ0) is 50.6. The number of esters is 2. The fourth-order valence-corrected chi connectivity index (χ4v) is 8.89. The van der Waals surface area contributed by atoms with Gasteiger partial charge in [-0.2, -0.15) is 0 Å². The highest BCUT2D eigenvalue weighted by Gasteiger charge is 2.25. The van der Waals surface area contributed by atoms with Gasteiger partial charge in [-0.15, -0.1) is 0 Å². The molecule has 0 bridgehead atoms. The number of carbonyl (C=O) groups excluding carboxylic acids is 2. The minimum atomic E-state index is -1.50. The molecule has 9 heteroatoms. The Morgan fingerprint density at radius 3 is 1.07 bits per heavy atom. The summed E-state index contributed by atoms with van der Waals surface area (Å²) in [6, 6.07) is 0. The van der Waals surface area contributed by atoms with Crippen molar-refractivity contribution in [3.63, 3.8) is 0 Å². The average Bonchev–Trinajstić information content (AvgIpc) is 3.31. The van der Waals surface area contributed by atoms with Crippen molar-refractivity contribution in [3.05, 3.63) is 12.2 Å². The molecule has 9 nitrogen and oxygen atoms in total. The first kappa shape index (κ1) is 67.0. The molecule has 0 heterocycles. The maximum absolute atomic E-state index is 12.9. The Bertz CT molecular complexity index is 1140. The third kappa shape index (κ3) is 53.7. The van der Waals surface area contributed by atoms with Crippen LogP contribution in [0.2, 0.25) is 0 Å². The van der Waals surface area contributed by atoms with Gasteiger partial charge in [-0.1, -0.05) is 257 Å². The Balaban J connectivity index is 4.05. The average molecular weight is 980 g/mol. The Morgan fingerprint density at radius 2 is 0.739 bits per heavy atom. The molecule has 0 fully saturated rings. The zero-order valence-corrected chi connectivity index (χ0v) is 46.5. The van der Waals surface area contributed by atoms with E-state index in [0.29, 0.717) is 17.4 Å². The number of quaternary nitrogens is 1. The Labute approximate surface area is 427 Å². The lowest BCUT2D eigenvalue weighted by Gasteiger charge is -2.25. The van der Waals surface area contributed by atoms with E-state index in [9.17, 15) is 19.5 Å². The van der Waals surface area contributed by atoms with Crippen LogP contribution in [-0.2, 0) is 33.3 Å². The topological polar surface area (TPSA) is 108 Å². The minimum Gasteiger partial charge on any atom is -0.477 e. The smallest absolute Gasteiger partial charge is 0.361 e. The van der Waals surface area contributed by atoms with Crippen molar-refractivity contribution in [2.24, 2.45) is 0 Å². The number of hydrogen-bond donors (Lipinski definition) is 1. The number of carboxylic acids is 1. The molecule has 0 saturated carbocycles. The number of hydrogen-bond acceptors (Lipinski definition) is 7. The van der Waals surface area contributed by atoms with Gasteiger partial charge >= 0.3 is 17.9 Å². The molecule has 0 aromatic rings. The van der Waals surface area contributed by atoms with Gasteiger partial charge in [0.15, 0.2) is 6.10 Å². The van der Waals surface area contributed by atoms with Crippen LogP contribution < -0.4 is 0 Å². The molecule has 0 rings (SSSR count). The Hall–Kier alpha value is -1.97. The fraction of sp³-hybridized carbons (Fsp3) is 0.917. The van der Waals surface area contributed by atoms with Crippen LogP contribution in [0.15, 0.2) is 12.2 Å². The van der Waals surface area contributed by atoms with Gasteiger partial charge in [-0.25, -0.2) is 4.79 Å². The number of allylic oxidation sites excluding steroid dienone is 2. The normalized spacial score (nSPS) is 12.8. The molecule has 0 radical (unpaired) electrons. The highest BCUT2D eigenvalue weighted by molar-refractivity contribution is 5.71. The van der Waals surface area contributed by atoms with E-state index in [1.807, 2.05) is 21.1 Å². The van der Waals surface area contributed by atoms with Gasteiger partial charge in [0.05, 0.1) is 34.4 Å². The molecule has 0 amide bonds. The third-order valence-corrected chi connectivity index (χ3v) is 13.5. The molecular weight excluding hydrogens is 863 g/mol. The van der Waals surface area contributed by atoms with Crippen LogP contribution >= 0.6 is 0 Å². The number of ether oxygens (including phenoxy) is 4. The first-order chi connectivity index (χ1) is 33.6. The second-order valence-corrected chi connectivity index (χ2v) is 21.7. The summed E-state index contributed by atoms with van der Waals surface area (Å²) in [6.45, 7) is 4.92. The van der Waals surface area contributed by atoms with Crippen LogP contribution in [-0.4, -0.2) is 87.4 Å². The summed E-state index contributed by atoms with van der Waals surface area (Å²) in [7, 11) is 5.98. The largest absolute Gasteiger partial charge is 0.477 e. The first-order valence-corrected chi connectivity index (χ1v) is 29.9. The number of unbranched alkanes of at least 4 members (excludes halogenated alkanes) is 39. The van der Waals surface area contributed by atoms with Crippen LogP contribution in [0.4, 0.5) is 0 Å². The monoisotopic (exact) mass is 979 g/mol. The summed E-state index contributed by atoms with van der Waals surface area (Å²) in [5, 5.41) is 9.69. The number of likely N-dealkylation sites (N-methyl/N-ethyl adjacent to an activating group) is 1. The van der Waals surface area contributed by atoms with Gasteiger partial charge in [0.2, 0.25) is 0 Å². The van der Waals surface area contributed by atoms with Gasteiger partial charge < -0.3 is 28.5 Å². The number of carboxylic acid groups (broad SMARTS) is 1. The maximum Gasteiger partial charge on any atom is 0.361 e. The van der Waals surface area contributed by atoms with Crippen molar-refractivity contribution in [2.45, 2.75) is 309 Å². The van der Waals surface area contributed by atoms with Crippen LogP contribution in [0.1, 0.15) is 296 Å². The molecule has 1 N–H and O–H groups in total. The van der Waals surface area contributed by atoms with Gasteiger partial charge in [0.1, 0.15) is 13.2 Å². The molecule has 0 aliphatic heterocycles. The highest BCUT2D eigenvalue weighted by Crippen LogP contribution is 2.18. The lowest BCUT2D eigenvalue weighted by molar-refractivity contribution is -0.870. The molecule has 0 aromatic carbocycles. The van der Waals surface area contributed by atoms with E-state index in [0.717, 1.165) is 38.5 Å². The van der Waals surface area contributed by atoms with E-state index in [4.69, 9.17) is 18.9 Å². The quantitative estimate of drug-likeness (QED) is 0.0211. The predicted octanol–water partition coefficient (Wildman–Crippen LogP) is 17.4. The van der Waals surface area contributed by atoms with Crippen molar-refractivity contribution in [1.82, 2.24) is 0 Å². The van der Waals surface area contributed by atoms with Gasteiger partial charge in [-0.05, 0) is 38.5 Å². The van der Waals surface area contributed by atoms with Crippen molar-refractivity contribution < 1.29 is 42.9 Å². The maximum atomic E-state index is 12.9. The van der Waals surface area contributed by atoms with E-state index >= 15 is 0 Å². The Kier molecular flexibility index (Phi) is 50.9. The van der Waals surface area contributed by atoms with Crippen LogP contribution in [0.5, 0.6) is 0 Å². The number of nitrogens with zero attached hydrogens (tertiary/aromatic N) is 1. The van der Waals surface area contributed by atoms with Crippen LogP contribution in [0.3, 0.4) is 0 Å². The molecule has 69 heavy (non-hydrogen) atoms. The number of carbonyl (C=O) groups is 3. The van der Waals surface area contributed by atoms with E-state index in [2.05, 4.69) is 26.0 Å². The van der Waals surface area contributed by atoms with Gasteiger partial charge in [-0.3, -0.25) is 9.59 Å². The molecule has 0 aliphatic carbocycles. The summed E-state index contributed by atoms with van der Waals surface area (Å²) in [4.78, 5) is 37.3. The van der Waals surface area contributed by atoms with Crippen molar-refractivity contribution >= 4 is 17.9 Å². The highest BCUT2D eigenvalue weighted by atomic mass is 16.7. The van der Waals surface area contributed by atoms with Crippen LogP contribution in [0.25, 0.3) is 0 Å². The van der Waals surface area contributed by atoms with Crippen molar-refractivity contribution in [3.8, 4) is 0 Å². The van der Waals surface area contributed by atoms with Gasteiger partial charge in [0, 0.05) is 12.8 Å². The van der Waals surface area contributed by atoms with E-state index in [1.165, 1.54) is 231 Å². The standard InChI is InChI=1S/C60H115NO8/c1-6-8-10-12-14-16-18-20-21-22-23-24-25-26-27-28-29-30-31-32-33-34-35-36-37-39-41-43-45-47-49-51-58(63)69-56(55-68-60(59(64)65)66-53-52-61(3,4)5)54-67-57(62)50-48-46-44-42-40-38-19-17-15-13-11-9-7-2/h22-23,56,60H,6-21,24-55H2,1-5H3/p+1/b23-22-. The lowest BCUT2D eigenvalue weighted by atomic mass is 10.0. The molecule has 0 spiro atoms. The molecule has 2 unspecified atom stereocenters. The number of aliphatic carboxylic acids is 1. The molecule has 2 atom stereocenters. The van der Waals surface area contributed by atoms with Gasteiger partial charge in [0.25, 0.3) is 6.29 Å². The van der Waals surface area contributed by atoms with Crippen molar-refractivity contribution in [1.29, 1.82) is 0 Å². The van der Waals surface area contributed by atoms with E-state index < -0.39 is 18.4 Å². The summed E-state index contributed by atoms with van der Waals surface area (Å²) in [6.07, 6.45) is 57.4. The zero-order valence-electron chi connectivity index (χ0n) is 46.5. The van der Waals surface area contributed by atoms with Crippen LogP contribution in [0, 0.1) is 0 Å². The molecule has 0 saturated heterocycles. The van der Waals surface area contributed by atoms with E-state index in [1.54, 1.807) is 0 Å². The lowest BCUT2D eigenvalue weighted by Crippen LogP contribution is -2.40. The predicted molar refractivity (Wildman–Crippen MR) is 291 cm³/mol. The second-order valence-electron chi connectivity index (χ2n) is 21.7. The fourth-order valence-electron chi connectivity index (χ4n) is 8.89. The van der Waals surface area contributed by atoms with Crippen molar-refractivity contribution in [2.75, 3.05) is 47.5 Å². The molecular formula is C60H116NO8+. The summed E-state index contributed by atoms with van der Waals surface area (Å²) in [5.74, 6) is -1.98. The SMILES string of the molecule is CCCCCCCCCC/C=C\CCCCCCCCCCCCCCCCCCCCCC(=O)OC(COC(=O)CCCCCCCCCCCCCCC)COC(OCC[N+](C)(C)C)C(=O)O. The summed E-state index contributed by atoms with van der Waals surface area (Å²) in [5.41, 5.74) is 0. The van der Waals surface area contributed by atoms with E-state index in [-0.39, 0.29) is 38.2 Å². The minimum absolute atomic E-state index is 0.174. The molecule has 0 aliphatic rings. The third-order valence-electron chi connectivity index (χ3n) is 13.5. The molecule has 408 valence electrons. The summed E-state index contributed by atoms with van der Waals surface area (Å²) >= 11 is 0. The Morgan fingerprint density at radius 1 is 0.420 bits per heavy atom. The second kappa shape index (κ2) is 52.4. The summed E-state index contributed by atoms with van der Waals surface area (Å²) < 4.78 is 22.9. The first-order valence-electron chi connectivity index (χ1n) is 29.9.